The topological polar surface area (TPSA) is 52.2 Å². The molecule has 3 aromatic rings. The van der Waals surface area contributed by atoms with E-state index in [2.05, 4.69) is 10.1 Å². The molecule has 0 saturated carbocycles. The third kappa shape index (κ3) is 2.06. The van der Waals surface area contributed by atoms with Crippen molar-refractivity contribution < 1.29 is 0 Å². The fourth-order valence-electron chi connectivity index (χ4n) is 3.08. The molecule has 4 rings (SSSR count). The van der Waals surface area contributed by atoms with Gasteiger partial charge in [-0.25, -0.2) is 4.52 Å². The highest BCUT2D eigenvalue weighted by Gasteiger charge is 2.23. The van der Waals surface area contributed by atoms with Crippen LogP contribution in [0.15, 0.2) is 40.3 Å². The highest BCUT2D eigenvalue weighted by atomic mass is 32.2. The average Bonchev–Trinajstić information content (AvgIpc) is 3.18. The molecule has 6 heteroatoms. The number of thioether (sulfide) groups is 1. The molecule has 112 valence electrons. The van der Waals surface area contributed by atoms with Crippen LogP contribution >= 0.6 is 11.8 Å². The van der Waals surface area contributed by atoms with Gasteiger partial charge in [0, 0.05) is 5.56 Å². The standard InChI is InChI=1S/C16H16N4OS/c1-22-15-17-16-19(10-11-6-3-2-4-7-11)14(21)12-8-5-9-13(12)20(16)18-15/h2-4,6-7H,5,8-10H2,1H3. The molecule has 0 atom stereocenters. The molecule has 0 fully saturated rings. The number of aromatic nitrogens is 4. The Kier molecular flexibility index (Phi) is 3.26. The van der Waals surface area contributed by atoms with Crippen LogP contribution in [0.2, 0.25) is 0 Å². The lowest BCUT2D eigenvalue weighted by Crippen LogP contribution is -2.27. The largest absolute Gasteiger partial charge is 0.272 e. The molecule has 0 saturated heterocycles. The fourth-order valence-corrected chi connectivity index (χ4v) is 3.42. The monoisotopic (exact) mass is 312 g/mol. The van der Waals surface area contributed by atoms with Crippen LogP contribution in [0.1, 0.15) is 23.2 Å². The van der Waals surface area contributed by atoms with Gasteiger partial charge < -0.3 is 0 Å². The third-order valence-electron chi connectivity index (χ3n) is 4.13. The van der Waals surface area contributed by atoms with E-state index >= 15 is 0 Å². The van der Waals surface area contributed by atoms with Crippen molar-refractivity contribution in [1.29, 1.82) is 0 Å². The van der Waals surface area contributed by atoms with E-state index < -0.39 is 0 Å². The number of rotatable bonds is 3. The van der Waals surface area contributed by atoms with Crippen molar-refractivity contribution >= 4 is 17.5 Å². The zero-order chi connectivity index (χ0) is 15.1. The van der Waals surface area contributed by atoms with Crippen molar-refractivity contribution in [3.63, 3.8) is 0 Å². The van der Waals surface area contributed by atoms with Crippen LogP contribution in [0, 0.1) is 0 Å². The molecule has 5 nitrogen and oxygen atoms in total. The van der Waals surface area contributed by atoms with Crippen molar-refractivity contribution in [2.24, 2.45) is 0 Å². The van der Waals surface area contributed by atoms with E-state index in [9.17, 15) is 4.79 Å². The zero-order valence-electron chi connectivity index (χ0n) is 12.3. The number of fused-ring (bicyclic) bond motifs is 3. The van der Waals surface area contributed by atoms with Gasteiger partial charge >= 0.3 is 0 Å². The Bertz CT molecular complexity index is 898. The highest BCUT2D eigenvalue weighted by molar-refractivity contribution is 7.98. The first-order valence-corrected chi connectivity index (χ1v) is 8.59. The quantitative estimate of drug-likeness (QED) is 0.695. The normalized spacial score (nSPS) is 13.7. The van der Waals surface area contributed by atoms with Gasteiger partial charge in [-0.2, -0.15) is 4.98 Å². The molecule has 0 spiro atoms. The maximum Gasteiger partial charge on any atom is 0.258 e. The van der Waals surface area contributed by atoms with Crippen LogP contribution < -0.4 is 5.56 Å². The second-order valence-corrected chi connectivity index (χ2v) is 6.24. The molecule has 2 aromatic heterocycles. The molecular weight excluding hydrogens is 296 g/mol. The molecule has 1 aromatic carbocycles. The maximum absolute atomic E-state index is 12.9. The molecule has 0 unspecified atom stereocenters. The average molecular weight is 312 g/mol. The number of benzene rings is 1. The summed E-state index contributed by atoms with van der Waals surface area (Å²) in [7, 11) is 0. The first-order valence-electron chi connectivity index (χ1n) is 7.37. The smallest absolute Gasteiger partial charge is 0.258 e. The summed E-state index contributed by atoms with van der Waals surface area (Å²) >= 11 is 1.50. The summed E-state index contributed by atoms with van der Waals surface area (Å²) in [5.41, 5.74) is 3.13. The summed E-state index contributed by atoms with van der Waals surface area (Å²) in [5.74, 6) is 0.652. The SMILES string of the molecule is CSc1nc2n(Cc3ccccc3)c(=O)c3c(n2n1)CCC3. The molecule has 1 aliphatic carbocycles. The second-order valence-electron chi connectivity index (χ2n) is 5.47. The van der Waals surface area contributed by atoms with Gasteiger partial charge in [0.2, 0.25) is 10.9 Å². The number of nitrogens with zero attached hydrogens (tertiary/aromatic N) is 4. The minimum atomic E-state index is 0.0870. The Morgan fingerprint density at radius 3 is 2.82 bits per heavy atom. The Labute approximate surface area is 132 Å². The fraction of sp³-hybridized carbons (Fsp3) is 0.312. The van der Waals surface area contributed by atoms with Crippen molar-refractivity contribution in [2.75, 3.05) is 6.26 Å². The van der Waals surface area contributed by atoms with Gasteiger partial charge in [0.25, 0.3) is 5.56 Å². The van der Waals surface area contributed by atoms with Crippen LogP contribution in [0.4, 0.5) is 0 Å². The molecule has 0 aliphatic heterocycles. The van der Waals surface area contributed by atoms with Crippen LogP contribution in [0.25, 0.3) is 5.78 Å². The Hall–Kier alpha value is -2.08. The molecule has 0 N–H and O–H groups in total. The Morgan fingerprint density at radius 1 is 1.23 bits per heavy atom. The van der Waals surface area contributed by atoms with Gasteiger partial charge in [-0.05, 0) is 31.1 Å². The van der Waals surface area contributed by atoms with E-state index in [1.165, 1.54) is 11.8 Å². The van der Waals surface area contributed by atoms with Gasteiger partial charge in [-0.15, -0.1) is 5.10 Å². The van der Waals surface area contributed by atoms with Gasteiger partial charge in [-0.1, -0.05) is 42.1 Å². The molecule has 0 radical (unpaired) electrons. The molecule has 0 amide bonds. The van der Waals surface area contributed by atoms with Gasteiger partial charge in [0.05, 0.1) is 12.2 Å². The lowest BCUT2D eigenvalue weighted by Gasteiger charge is -2.10. The molecular formula is C16H16N4OS. The minimum absolute atomic E-state index is 0.0870. The van der Waals surface area contributed by atoms with Gasteiger partial charge in [0.1, 0.15) is 0 Å². The van der Waals surface area contributed by atoms with Crippen LogP contribution in [-0.4, -0.2) is 25.4 Å². The first-order chi connectivity index (χ1) is 10.8. The summed E-state index contributed by atoms with van der Waals surface area (Å²) in [6, 6.07) is 10.0. The molecule has 22 heavy (non-hydrogen) atoms. The predicted molar refractivity (Wildman–Crippen MR) is 86.6 cm³/mol. The predicted octanol–water partition coefficient (Wildman–Crippen LogP) is 2.15. The second kappa shape index (κ2) is 5.28. The number of hydrogen-bond donors (Lipinski definition) is 0. The maximum atomic E-state index is 12.9. The lowest BCUT2D eigenvalue weighted by atomic mass is 10.2. The summed E-state index contributed by atoms with van der Waals surface area (Å²) in [4.78, 5) is 17.4. The number of aryl methyl sites for hydroxylation is 1. The lowest BCUT2D eigenvalue weighted by molar-refractivity contribution is 0.719. The minimum Gasteiger partial charge on any atom is -0.272 e. The molecule has 2 heterocycles. The summed E-state index contributed by atoms with van der Waals surface area (Å²) < 4.78 is 3.63. The summed E-state index contributed by atoms with van der Waals surface area (Å²) in [5, 5.41) is 5.26. The van der Waals surface area contributed by atoms with Gasteiger partial charge in [-0.3, -0.25) is 9.36 Å². The van der Waals surface area contributed by atoms with Crippen molar-refractivity contribution in [3.8, 4) is 0 Å². The summed E-state index contributed by atoms with van der Waals surface area (Å²) in [6.45, 7) is 0.531. The molecule has 1 aliphatic rings. The first kappa shape index (κ1) is 13.6. The zero-order valence-corrected chi connectivity index (χ0v) is 13.1. The van der Waals surface area contributed by atoms with E-state index in [0.29, 0.717) is 17.5 Å². The Balaban J connectivity index is 1.97. The van der Waals surface area contributed by atoms with Crippen LogP contribution in [0.3, 0.4) is 0 Å². The van der Waals surface area contributed by atoms with E-state index in [1.54, 1.807) is 4.57 Å². The number of hydrogen-bond acceptors (Lipinski definition) is 4. The van der Waals surface area contributed by atoms with E-state index in [-0.39, 0.29) is 5.56 Å². The van der Waals surface area contributed by atoms with Crippen LogP contribution in [-0.2, 0) is 19.4 Å². The van der Waals surface area contributed by atoms with Gasteiger partial charge in [0.15, 0.2) is 0 Å². The van der Waals surface area contributed by atoms with E-state index in [1.807, 2.05) is 41.1 Å². The van der Waals surface area contributed by atoms with Crippen LogP contribution in [0.5, 0.6) is 0 Å². The molecule has 0 bridgehead atoms. The third-order valence-corrected chi connectivity index (χ3v) is 4.66. The van der Waals surface area contributed by atoms with Crippen molar-refractivity contribution in [3.05, 3.63) is 57.5 Å². The summed E-state index contributed by atoms with van der Waals surface area (Å²) in [6.07, 6.45) is 4.72. The Morgan fingerprint density at radius 2 is 2.05 bits per heavy atom. The van der Waals surface area contributed by atoms with E-state index in [4.69, 9.17) is 0 Å². The van der Waals surface area contributed by atoms with Crippen molar-refractivity contribution in [2.45, 2.75) is 31.0 Å². The highest BCUT2D eigenvalue weighted by Crippen LogP contribution is 2.21. The van der Waals surface area contributed by atoms with Crippen molar-refractivity contribution in [1.82, 2.24) is 19.2 Å². The van der Waals surface area contributed by atoms with E-state index in [0.717, 1.165) is 36.1 Å².